The maximum absolute atomic E-state index is 3.96. The second kappa shape index (κ2) is 4.58. The zero-order valence-electron chi connectivity index (χ0n) is 7.39. The van der Waals surface area contributed by atoms with Crippen molar-refractivity contribution in [1.29, 1.82) is 0 Å². The minimum Gasteiger partial charge on any atom is -0.103 e. The molecule has 1 aliphatic carbocycles. The summed E-state index contributed by atoms with van der Waals surface area (Å²) in [4.78, 5) is 0. The molecule has 0 aromatic heterocycles. The lowest BCUT2D eigenvalue weighted by molar-refractivity contribution is 0.277. The van der Waals surface area contributed by atoms with Gasteiger partial charge in [0.15, 0.2) is 0 Å². The van der Waals surface area contributed by atoms with Crippen molar-refractivity contribution in [2.45, 2.75) is 38.5 Å². The summed E-state index contributed by atoms with van der Waals surface area (Å²) >= 11 is 0. The van der Waals surface area contributed by atoms with E-state index in [2.05, 4.69) is 19.6 Å². The van der Waals surface area contributed by atoms with Crippen LogP contribution in [0, 0.1) is 18.8 Å². The highest BCUT2D eigenvalue weighted by atomic mass is 14.2. The van der Waals surface area contributed by atoms with Crippen LogP contribution in [-0.4, -0.2) is 0 Å². The molecule has 0 aromatic carbocycles. The second-order valence-corrected chi connectivity index (χ2v) is 3.70. The van der Waals surface area contributed by atoms with Crippen molar-refractivity contribution in [3.63, 3.8) is 0 Å². The predicted octanol–water partition coefficient (Wildman–Crippen LogP) is 3.59. The third-order valence-corrected chi connectivity index (χ3v) is 2.87. The fourth-order valence-electron chi connectivity index (χ4n) is 1.99. The number of hydrogen-bond acceptors (Lipinski definition) is 0. The summed E-state index contributed by atoms with van der Waals surface area (Å²) < 4.78 is 0. The Kier molecular flexibility index (Phi) is 3.68. The van der Waals surface area contributed by atoms with Gasteiger partial charge in [-0.05, 0) is 31.1 Å². The smallest absolute Gasteiger partial charge is 0.0325 e. The molecule has 0 aromatic rings. The fourth-order valence-corrected chi connectivity index (χ4v) is 1.99. The topological polar surface area (TPSA) is 0 Å². The molecule has 0 spiro atoms. The molecule has 0 saturated heterocycles. The molecule has 0 N–H and O–H groups in total. The molecule has 0 bridgehead atoms. The molecule has 0 unspecified atom stereocenters. The Morgan fingerprint density at radius 3 is 2.09 bits per heavy atom. The SMILES string of the molecule is [CH2]CC1CCC(CC=C)CC1. The van der Waals surface area contributed by atoms with E-state index in [1.54, 1.807) is 0 Å². The summed E-state index contributed by atoms with van der Waals surface area (Å²) in [5, 5.41) is 0. The Bertz CT molecular complexity index is 107. The summed E-state index contributed by atoms with van der Waals surface area (Å²) in [7, 11) is 0. The first-order chi connectivity index (χ1) is 5.36. The van der Waals surface area contributed by atoms with Gasteiger partial charge in [0.05, 0.1) is 0 Å². The second-order valence-electron chi connectivity index (χ2n) is 3.70. The summed E-state index contributed by atoms with van der Waals surface area (Å²) in [5.41, 5.74) is 0. The molecular formula is C11H19. The lowest BCUT2D eigenvalue weighted by atomic mass is 9.79. The summed E-state index contributed by atoms with van der Waals surface area (Å²) in [5.74, 6) is 1.87. The molecule has 1 radical (unpaired) electrons. The van der Waals surface area contributed by atoms with E-state index in [1.165, 1.54) is 32.1 Å². The van der Waals surface area contributed by atoms with E-state index in [9.17, 15) is 0 Å². The minimum absolute atomic E-state index is 0.927. The molecule has 1 rings (SSSR count). The van der Waals surface area contributed by atoms with Gasteiger partial charge < -0.3 is 0 Å². The van der Waals surface area contributed by atoms with Crippen LogP contribution in [0.1, 0.15) is 38.5 Å². The Hall–Kier alpha value is -0.260. The van der Waals surface area contributed by atoms with Crippen LogP contribution >= 0.6 is 0 Å². The first kappa shape index (κ1) is 8.83. The Morgan fingerprint density at radius 2 is 1.64 bits per heavy atom. The van der Waals surface area contributed by atoms with Gasteiger partial charge in [0.1, 0.15) is 0 Å². The number of hydrogen-bond donors (Lipinski definition) is 0. The molecule has 0 nitrogen and oxygen atoms in total. The Morgan fingerprint density at radius 1 is 1.09 bits per heavy atom. The van der Waals surface area contributed by atoms with E-state index in [1.807, 2.05) is 0 Å². The van der Waals surface area contributed by atoms with E-state index in [4.69, 9.17) is 0 Å². The third-order valence-electron chi connectivity index (χ3n) is 2.87. The average Bonchev–Trinajstić information content (AvgIpc) is 2.07. The zero-order chi connectivity index (χ0) is 8.10. The fraction of sp³-hybridized carbons (Fsp3) is 0.727. The molecule has 0 aliphatic heterocycles. The molecule has 0 heterocycles. The van der Waals surface area contributed by atoms with Crippen molar-refractivity contribution in [2.24, 2.45) is 11.8 Å². The van der Waals surface area contributed by atoms with Gasteiger partial charge in [0, 0.05) is 0 Å². The zero-order valence-corrected chi connectivity index (χ0v) is 7.39. The van der Waals surface area contributed by atoms with Crippen molar-refractivity contribution in [3.8, 4) is 0 Å². The highest BCUT2D eigenvalue weighted by Crippen LogP contribution is 2.32. The molecule has 63 valence electrons. The molecule has 1 fully saturated rings. The van der Waals surface area contributed by atoms with E-state index < -0.39 is 0 Å². The van der Waals surface area contributed by atoms with Gasteiger partial charge in [-0.25, -0.2) is 0 Å². The van der Waals surface area contributed by atoms with E-state index in [0.717, 1.165) is 18.3 Å². The summed E-state index contributed by atoms with van der Waals surface area (Å²) in [6, 6.07) is 0. The van der Waals surface area contributed by atoms with Gasteiger partial charge >= 0.3 is 0 Å². The third kappa shape index (κ3) is 2.69. The quantitative estimate of drug-likeness (QED) is 0.541. The molecule has 11 heavy (non-hydrogen) atoms. The van der Waals surface area contributed by atoms with Gasteiger partial charge in [-0.2, -0.15) is 0 Å². The van der Waals surface area contributed by atoms with Crippen LogP contribution in [0.3, 0.4) is 0 Å². The van der Waals surface area contributed by atoms with Crippen molar-refractivity contribution < 1.29 is 0 Å². The van der Waals surface area contributed by atoms with Gasteiger partial charge in [-0.1, -0.05) is 32.3 Å². The van der Waals surface area contributed by atoms with Crippen LogP contribution in [0.5, 0.6) is 0 Å². The van der Waals surface area contributed by atoms with Crippen LogP contribution in [-0.2, 0) is 0 Å². The van der Waals surface area contributed by atoms with Crippen LogP contribution in [0.15, 0.2) is 12.7 Å². The van der Waals surface area contributed by atoms with Crippen molar-refractivity contribution >= 4 is 0 Å². The number of allylic oxidation sites excluding steroid dienone is 1. The molecule has 1 saturated carbocycles. The van der Waals surface area contributed by atoms with E-state index in [0.29, 0.717) is 0 Å². The molecule has 0 atom stereocenters. The number of rotatable bonds is 3. The monoisotopic (exact) mass is 151 g/mol. The Balaban J connectivity index is 2.18. The van der Waals surface area contributed by atoms with E-state index in [-0.39, 0.29) is 0 Å². The first-order valence-electron chi connectivity index (χ1n) is 4.77. The minimum atomic E-state index is 0.927. The first-order valence-corrected chi connectivity index (χ1v) is 4.77. The van der Waals surface area contributed by atoms with Crippen LogP contribution in [0.2, 0.25) is 0 Å². The Labute approximate surface area is 70.7 Å². The van der Waals surface area contributed by atoms with E-state index >= 15 is 0 Å². The van der Waals surface area contributed by atoms with Gasteiger partial charge in [0.2, 0.25) is 0 Å². The van der Waals surface area contributed by atoms with Crippen LogP contribution in [0.4, 0.5) is 0 Å². The molecule has 0 heteroatoms. The van der Waals surface area contributed by atoms with Gasteiger partial charge in [-0.15, -0.1) is 6.58 Å². The normalized spacial score (nSPS) is 31.7. The largest absolute Gasteiger partial charge is 0.103 e. The molecule has 0 amide bonds. The summed E-state index contributed by atoms with van der Waals surface area (Å²) in [6.07, 6.45) is 10.1. The lowest BCUT2D eigenvalue weighted by Gasteiger charge is -2.26. The maximum Gasteiger partial charge on any atom is -0.0325 e. The maximum atomic E-state index is 3.96. The lowest BCUT2D eigenvalue weighted by Crippen LogP contribution is -2.13. The predicted molar refractivity (Wildman–Crippen MR) is 50.2 cm³/mol. The molecular weight excluding hydrogens is 132 g/mol. The van der Waals surface area contributed by atoms with Crippen molar-refractivity contribution in [2.75, 3.05) is 0 Å². The van der Waals surface area contributed by atoms with Gasteiger partial charge in [-0.3, -0.25) is 0 Å². The highest BCUT2D eigenvalue weighted by molar-refractivity contribution is 4.78. The van der Waals surface area contributed by atoms with Crippen LogP contribution in [0.25, 0.3) is 0 Å². The average molecular weight is 151 g/mol. The standard InChI is InChI=1S/C11H19/c1-3-5-11-8-6-10(4-2)7-9-11/h3,10-11H,1-2,4-9H2. The highest BCUT2D eigenvalue weighted by Gasteiger charge is 2.18. The van der Waals surface area contributed by atoms with Crippen LogP contribution < -0.4 is 0 Å². The summed E-state index contributed by atoms with van der Waals surface area (Å²) in [6.45, 7) is 7.74. The van der Waals surface area contributed by atoms with Crippen molar-refractivity contribution in [1.82, 2.24) is 0 Å². The van der Waals surface area contributed by atoms with Gasteiger partial charge in [0.25, 0.3) is 0 Å². The molecule has 1 aliphatic rings. The van der Waals surface area contributed by atoms with Crippen molar-refractivity contribution in [3.05, 3.63) is 19.6 Å².